The van der Waals surface area contributed by atoms with Crippen LogP contribution >= 0.6 is 11.3 Å². The molecule has 2 saturated carbocycles. The number of piperidine rings is 1. The number of aromatic nitrogens is 2. The summed E-state index contributed by atoms with van der Waals surface area (Å²) < 4.78 is 0. The molecule has 1 amide bonds. The molecule has 3 heterocycles. The smallest absolute Gasteiger partial charge is 0.223 e. The van der Waals surface area contributed by atoms with Crippen LogP contribution in [0.25, 0.3) is 10.9 Å². The predicted molar refractivity (Wildman–Crippen MR) is 114 cm³/mol. The third kappa shape index (κ3) is 3.40. The van der Waals surface area contributed by atoms with Gasteiger partial charge in [-0.15, -0.1) is 11.3 Å². The molecule has 1 saturated heterocycles. The van der Waals surface area contributed by atoms with E-state index >= 15 is 0 Å². The Morgan fingerprint density at radius 2 is 1.82 bits per heavy atom. The second-order valence-electron chi connectivity index (χ2n) is 8.84. The van der Waals surface area contributed by atoms with Gasteiger partial charge in [-0.2, -0.15) is 0 Å². The van der Waals surface area contributed by atoms with Crippen LogP contribution in [-0.2, 0) is 4.79 Å². The molecule has 5 nitrogen and oxygen atoms in total. The molecule has 1 aliphatic heterocycles. The van der Waals surface area contributed by atoms with Crippen molar-refractivity contribution >= 4 is 34.0 Å². The molecule has 5 rings (SSSR count). The van der Waals surface area contributed by atoms with Crippen LogP contribution in [0, 0.1) is 12.8 Å². The molecular weight excluding hydrogens is 368 g/mol. The maximum Gasteiger partial charge on any atom is 0.223 e. The Labute approximate surface area is 170 Å². The van der Waals surface area contributed by atoms with E-state index in [2.05, 4.69) is 22.5 Å². The minimum absolute atomic E-state index is 0.156. The molecule has 0 unspecified atom stereocenters. The normalized spacial score (nSPS) is 22.0. The largest absolute Gasteiger partial charge is 0.356 e. The van der Waals surface area contributed by atoms with Crippen LogP contribution in [0.5, 0.6) is 0 Å². The predicted octanol–water partition coefficient (Wildman–Crippen LogP) is 4.54. The van der Waals surface area contributed by atoms with Crippen molar-refractivity contribution in [2.24, 2.45) is 5.92 Å². The first-order chi connectivity index (χ1) is 13.7. The van der Waals surface area contributed by atoms with E-state index in [1.165, 1.54) is 42.4 Å². The summed E-state index contributed by atoms with van der Waals surface area (Å²) in [5, 5.41) is 6.70. The molecule has 28 heavy (non-hydrogen) atoms. The van der Waals surface area contributed by atoms with Crippen LogP contribution in [-0.4, -0.2) is 35.0 Å². The third-order valence-corrected chi connectivity index (χ3v) is 7.87. The highest BCUT2D eigenvalue weighted by molar-refractivity contribution is 7.11. The summed E-state index contributed by atoms with van der Waals surface area (Å²) in [6.07, 6.45) is 10.4. The first kappa shape index (κ1) is 18.3. The Balaban J connectivity index is 1.32. The quantitative estimate of drug-likeness (QED) is 0.821. The van der Waals surface area contributed by atoms with Crippen LogP contribution in [0.1, 0.15) is 74.4 Å². The summed E-state index contributed by atoms with van der Waals surface area (Å²) in [6.45, 7) is 3.99. The average molecular weight is 399 g/mol. The number of carbonyl (C=O) groups excluding carboxylic acids is 1. The lowest BCUT2D eigenvalue weighted by Gasteiger charge is -2.34. The minimum Gasteiger partial charge on any atom is -0.356 e. The highest BCUT2D eigenvalue weighted by atomic mass is 32.1. The molecule has 6 heteroatoms. The van der Waals surface area contributed by atoms with Crippen molar-refractivity contribution in [2.45, 2.75) is 76.7 Å². The fourth-order valence-electron chi connectivity index (χ4n) is 4.93. The summed E-state index contributed by atoms with van der Waals surface area (Å²) in [5.41, 5.74) is 1.11. The molecule has 3 aliphatic rings. The molecule has 3 fully saturated rings. The summed E-state index contributed by atoms with van der Waals surface area (Å²) >= 11 is 1.77. The van der Waals surface area contributed by atoms with Crippen molar-refractivity contribution in [1.82, 2.24) is 15.3 Å². The molecule has 150 valence electrons. The Morgan fingerprint density at radius 1 is 1.07 bits per heavy atom. The van der Waals surface area contributed by atoms with Gasteiger partial charge in [0.2, 0.25) is 5.91 Å². The minimum atomic E-state index is 0.156. The van der Waals surface area contributed by atoms with Crippen molar-refractivity contribution in [3.05, 3.63) is 16.1 Å². The van der Waals surface area contributed by atoms with Crippen molar-refractivity contribution in [3.8, 4) is 0 Å². The highest BCUT2D eigenvalue weighted by Gasteiger charge is 2.30. The maximum absolute atomic E-state index is 12.7. The van der Waals surface area contributed by atoms with Gasteiger partial charge in [0.15, 0.2) is 0 Å². The Bertz CT molecular complexity index is 861. The molecule has 0 bridgehead atoms. The van der Waals surface area contributed by atoms with E-state index in [0.717, 1.165) is 55.9 Å². The molecule has 1 N–H and O–H groups in total. The van der Waals surface area contributed by atoms with Crippen molar-refractivity contribution in [2.75, 3.05) is 18.0 Å². The number of hydrogen-bond acceptors (Lipinski definition) is 5. The Kier molecular flexibility index (Phi) is 4.99. The van der Waals surface area contributed by atoms with Gasteiger partial charge < -0.3 is 10.2 Å². The van der Waals surface area contributed by atoms with Crippen molar-refractivity contribution in [1.29, 1.82) is 0 Å². The molecule has 2 aromatic heterocycles. The van der Waals surface area contributed by atoms with Crippen LogP contribution < -0.4 is 10.2 Å². The summed E-state index contributed by atoms with van der Waals surface area (Å²) in [6, 6.07) is 0.422. The van der Waals surface area contributed by atoms with Gasteiger partial charge in [0.05, 0.1) is 10.9 Å². The van der Waals surface area contributed by atoms with Gasteiger partial charge in [0.1, 0.15) is 11.6 Å². The van der Waals surface area contributed by atoms with E-state index in [1.54, 1.807) is 11.3 Å². The number of aryl methyl sites for hydroxylation is 1. The Hall–Kier alpha value is -1.69. The van der Waals surface area contributed by atoms with Gasteiger partial charge in [-0.05, 0) is 45.4 Å². The van der Waals surface area contributed by atoms with Crippen LogP contribution in [0.3, 0.4) is 0 Å². The molecule has 0 radical (unpaired) electrons. The Morgan fingerprint density at radius 3 is 2.50 bits per heavy atom. The van der Waals surface area contributed by atoms with Gasteiger partial charge in [0.25, 0.3) is 0 Å². The monoisotopic (exact) mass is 398 g/mol. The van der Waals surface area contributed by atoms with Gasteiger partial charge in [0, 0.05) is 41.2 Å². The summed E-state index contributed by atoms with van der Waals surface area (Å²) in [4.78, 5) is 26.3. The zero-order chi connectivity index (χ0) is 19.1. The van der Waals surface area contributed by atoms with Gasteiger partial charge >= 0.3 is 0 Å². The van der Waals surface area contributed by atoms with Crippen molar-refractivity contribution < 1.29 is 4.79 Å². The SMILES string of the molecule is Cc1scc2nc(C3CCC3)nc(N3CCC(C(=O)NC4CCCC4)CC3)c12. The molecule has 0 atom stereocenters. The lowest BCUT2D eigenvalue weighted by Crippen LogP contribution is -2.43. The zero-order valence-electron chi connectivity index (χ0n) is 16.7. The van der Waals surface area contributed by atoms with Crippen LogP contribution in [0.15, 0.2) is 5.38 Å². The maximum atomic E-state index is 12.7. The lowest BCUT2D eigenvalue weighted by molar-refractivity contribution is -0.126. The van der Waals surface area contributed by atoms with E-state index in [9.17, 15) is 4.79 Å². The number of rotatable bonds is 4. The van der Waals surface area contributed by atoms with Gasteiger partial charge in [-0.1, -0.05) is 19.3 Å². The molecule has 0 aromatic carbocycles. The fraction of sp³-hybridized carbons (Fsp3) is 0.682. The van der Waals surface area contributed by atoms with E-state index in [1.807, 2.05) is 0 Å². The topological polar surface area (TPSA) is 58.1 Å². The standard InChI is InChI=1S/C22H30N4OS/c1-14-19-18(13-28-14)24-20(15-5-4-6-15)25-21(19)26-11-9-16(10-12-26)22(27)23-17-7-2-3-8-17/h13,15-17H,2-12H2,1H3,(H,23,27). The highest BCUT2D eigenvalue weighted by Crippen LogP contribution is 2.39. The number of thiophene rings is 1. The van der Waals surface area contributed by atoms with Crippen LogP contribution in [0.4, 0.5) is 5.82 Å². The molecule has 2 aromatic rings. The molecule has 0 spiro atoms. The number of anilines is 1. The van der Waals surface area contributed by atoms with E-state index in [-0.39, 0.29) is 11.8 Å². The van der Waals surface area contributed by atoms with E-state index in [4.69, 9.17) is 9.97 Å². The number of nitrogens with zero attached hydrogens (tertiary/aromatic N) is 3. The zero-order valence-corrected chi connectivity index (χ0v) is 17.6. The first-order valence-electron chi connectivity index (χ1n) is 11.0. The number of nitrogens with one attached hydrogen (secondary N) is 1. The first-order valence-corrected chi connectivity index (χ1v) is 11.9. The lowest BCUT2D eigenvalue weighted by atomic mass is 9.85. The second-order valence-corrected chi connectivity index (χ2v) is 9.92. The van der Waals surface area contributed by atoms with Crippen molar-refractivity contribution in [3.63, 3.8) is 0 Å². The number of hydrogen-bond donors (Lipinski definition) is 1. The van der Waals surface area contributed by atoms with Crippen LogP contribution in [0.2, 0.25) is 0 Å². The summed E-state index contributed by atoms with van der Waals surface area (Å²) in [7, 11) is 0. The number of carbonyl (C=O) groups is 1. The fourth-order valence-corrected chi connectivity index (χ4v) is 5.70. The number of fused-ring (bicyclic) bond motifs is 1. The average Bonchev–Trinajstić information content (AvgIpc) is 3.30. The van der Waals surface area contributed by atoms with Gasteiger partial charge in [-0.3, -0.25) is 4.79 Å². The van der Waals surface area contributed by atoms with Gasteiger partial charge in [-0.25, -0.2) is 9.97 Å². The summed E-state index contributed by atoms with van der Waals surface area (Å²) in [5.74, 6) is 3.12. The second kappa shape index (κ2) is 7.62. The van der Waals surface area contributed by atoms with E-state index < -0.39 is 0 Å². The molecular formula is C22H30N4OS. The third-order valence-electron chi connectivity index (χ3n) is 6.97. The van der Waals surface area contributed by atoms with E-state index in [0.29, 0.717) is 12.0 Å². The number of amides is 1. The molecule has 2 aliphatic carbocycles.